The van der Waals surface area contributed by atoms with Crippen LogP contribution in [-0.4, -0.2) is 36.9 Å². The minimum atomic E-state index is -1.06. The first-order valence-corrected chi connectivity index (χ1v) is 13.5. The number of hydrogen-bond acceptors (Lipinski definition) is 5. The number of carbonyl (C=O) groups is 1. The SMILES string of the molecule is COC(=CCCOc1ccc(OC)cc1C(=O)O)[C@@H]1C[C@H]1c1ccccc1/C=C/c1ccc2ccc(Cl)cc2n1. The highest BCUT2D eigenvalue weighted by Gasteiger charge is 2.42. The summed E-state index contributed by atoms with van der Waals surface area (Å²) < 4.78 is 16.6. The van der Waals surface area contributed by atoms with Gasteiger partial charge < -0.3 is 19.3 Å². The molecule has 0 unspecified atom stereocenters. The Labute approximate surface area is 238 Å². The number of pyridine rings is 1. The molecule has 6 nitrogen and oxygen atoms in total. The first kappa shape index (κ1) is 27.3. The van der Waals surface area contributed by atoms with Crippen molar-refractivity contribution in [2.45, 2.75) is 18.8 Å². The van der Waals surface area contributed by atoms with E-state index in [1.807, 2.05) is 42.5 Å². The van der Waals surface area contributed by atoms with Crippen molar-refractivity contribution in [2.75, 3.05) is 20.8 Å². The molecular weight excluding hydrogens is 526 g/mol. The molecule has 3 aromatic carbocycles. The van der Waals surface area contributed by atoms with E-state index in [9.17, 15) is 9.90 Å². The van der Waals surface area contributed by atoms with Crippen molar-refractivity contribution in [1.82, 2.24) is 4.98 Å². The number of halogens is 1. The number of allylic oxidation sites excluding steroid dienone is 1. The molecular formula is C33H30ClNO5. The number of nitrogens with zero attached hydrogens (tertiary/aromatic N) is 1. The third-order valence-corrected chi connectivity index (χ3v) is 7.27. The fourth-order valence-electron chi connectivity index (χ4n) is 4.91. The molecule has 1 N–H and O–H groups in total. The Morgan fingerprint density at radius 1 is 1.05 bits per heavy atom. The van der Waals surface area contributed by atoms with Crippen molar-refractivity contribution in [1.29, 1.82) is 0 Å². The molecule has 0 aliphatic heterocycles. The fourth-order valence-corrected chi connectivity index (χ4v) is 5.08. The molecule has 204 valence electrons. The van der Waals surface area contributed by atoms with Gasteiger partial charge in [0.05, 0.1) is 37.8 Å². The topological polar surface area (TPSA) is 77.9 Å². The quantitative estimate of drug-likeness (QED) is 0.150. The van der Waals surface area contributed by atoms with E-state index in [-0.39, 0.29) is 11.5 Å². The van der Waals surface area contributed by atoms with Crippen LogP contribution in [0.5, 0.6) is 11.5 Å². The standard InChI is InChI=1S/C33H30ClNO5/c1-38-25-15-16-32(29(19-25)33(36)37)40-17-5-8-31(39-2)28-20-27(28)26-7-4-3-6-21(26)10-13-24-14-11-22-9-12-23(34)18-30(22)35-24/h3-4,6-16,18-19,27-28H,5,17,20H2,1-2H3,(H,36,37)/b13-10+,31-8?/t27-,28+/m0/s1. The van der Waals surface area contributed by atoms with Gasteiger partial charge in [0, 0.05) is 22.7 Å². The number of hydrogen-bond donors (Lipinski definition) is 1. The lowest BCUT2D eigenvalue weighted by molar-refractivity contribution is 0.0692. The van der Waals surface area contributed by atoms with Gasteiger partial charge in [0.1, 0.15) is 17.1 Å². The zero-order valence-corrected chi connectivity index (χ0v) is 23.1. The zero-order chi connectivity index (χ0) is 28.1. The average molecular weight is 556 g/mol. The predicted octanol–water partition coefficient (Wildman–Crippen LogP) is 7.87. The van der Waals surface area contributed by atoms with E-state index in [0.29, 0.717) is 35.5 Å². The average Bonchev–Trinajstić information content (AvgIpc) is 3.76. The number of fused-ring (bicyclic) bond motifs is 1. The Morgan fingerprint density at radius 2 is 1.88 bits per heavy atom. The van der Waals surface area contributed by atoms with E-state index in [2.05, 4.69) is 30.3 Å². The largest absolute Gasteiger partial charge is 0.501 e. The maximum Gasteiger partial charge on any atom is 0.339 e. The number of methoxy groups -OCH3 is 2. The minimum absolute atomic E-state index is 0.0740. The molecule has 2 atom stereocenters. The van der Waals surface area contributed by atoms with E-state index in [1.54, 1.807) is 19.2 Å². The minimum Gasteiger partial charge on any atom is -0.501 e. The van der Waals surface area contributed by atoms with Crippen molar-refractivity contribution in [3.63, 3.8) is 0 Å². The van der Waals surface area contributed by atoms with Gasteiger partial charge in [-0.15, -0.1) is 0 Å². The third kappa shape index (κ3) is 6.29. The molecule has 5 rings (SSSR count). The number of carboxylic acids is 1. The lowest BCUT2D eigenvalue weighted by atomic mass is 10.0. The van der Waals surface area contributed by atoms with Gasteiger partial charge in [0.15, 0.2) is 0 Å². The van der Waals surface area contributed by atoms with Gasteiger partial charge in [0.2, 0.25) is 0 Å². The van der Waals surface area contributed by atoms with Crippen LogP contribution in [0, 0.1) is 5.92 Å². The highest BCUT2D eigenvalue weighted by Crippen LogP contribution is 2.53. The van der Waals surface area contributed by atoms with Crippen molar-refractivity contribution in [3.8, 4) is 11.5 Å². The second kappa shape index (κ2) is 12.3. The zero-order valence-electron chi connectivity index (χ0n) is 22.3. The summed E-state index contributed by atoms with van der Waals surface area (Å²) in [6.45, 7) is 0.333. The molecule has 1 saturated carbocycles. The Balaban J connectivity index is 1.24. The first-order valence-electron chi connectivity index (χ1n) is 13.1. The summed E-state index contributed by atoms with van der Waals surface area (Å²) in [5.41, 5.74) is 4.25. The van der Waals surface area contributed by atoms with Crippen LogP contribution in [-0.2, 0) is 4.74 Å². The van der Waals surface area contributed by atoms with E-state index in [0.717, 1.165) is 34.3 Å². The molecule has 1 aromatic heterocycles. The number of benzene rings is 3. The molecule has 0 radical (unpaired) electrons. The molecule has 0 amide bonds. The highest BCUT2D eigenvalue weighted by atomic mass is 35.5. The summed E-state index contributed by atoms with van der Waals surface area (Å²) >= 11 is 6.15. The normalized spacial score (nSPS) is 16.7. The van der Waals surface area contributed by atoms with Gasteiger partial charge in [0.25, 0.3) is 0 Å². The Hall–Kier alpha value is -4.29. The van der Waals surface area contributed by atoms with Crippen LogP contribution < -0.4 is 9.47 Å². The van der Waals surface area contributed by atoms with Crippen LogP contribution in [0.25, 0.3) is 23.1 Å². The molecule has 1 heterocycles. The van der Waals surface area contributed by atoms with Gasteiger partial charge in [-0.3, -0.25) is 0 Å². The maximum atomic E-state index is 11.6. The number of ether oxygens (including phenoxy) is 3. The Bertz CT molecular complexity index is 1600. The van der Waals surface area contributed by atoms with Crippen LogP contribution in [0.2, 0.25) is 5.02 Å². The summed E-state index contributed by atoms with van der Waals surface area (Å²) in [6.07, 6.45) is 7.78. The number of aromatic carboxylic acids is 1. The van der Waals surface area contributed by atoms with E-state index < -0.39 is 5.97 Å². The van der Waals surface area contributed by atoms with E-state index in [4.69, 9.17) is 30.8 Å². The number of carboxylic acid groups (broad SMARTS) is 1. The molecule has 1 fully saturated rings. The summed E-state index contributed by atoms with van der Waals surface area (Å²) in [4.78, 5) is 16.3. The molecule has 0 spiro atoms. The van der Waals surface area contributed by atoms with Crippen molar-refractivity contribution in [2.24, 2.45) is 5.92 Å². The third-order valence-electron chi connectivity index (χ3n) is 7.03. The molecule has 0 bridgehead atoms. The number of aromatic nitrogens is 1. The lowest BCUT2D eigenvalue weighted by Crippen LogP contribution is -2.05. The van der Waals surface area contributed by atoms with Gasteiger partial charge in [-0.25, -0.2) is 9.78 Å². The van der Waals surface area contributed by atoms with Crippen molar-refractivity contribution in [3.05, 3.63) is 112 Å². The second-order valence-electron chi connectivity index (χ2n) is 9.60. The molecule has 40 heavy (non-hydrogen) atoms. The number of rotatable bonds is 11. The van der Waals surface area contributed by atoms with Crippen LogP contribution >= 0.6 is 11.6 Å². The summed E-state index contributed by atoms with van der Waals surface area (Å²) in [5.74, 6) is 1.30. The summed E-state index contributed by atoms with van der Waals surface area (Å²) in [5, 5.41) is 11.2. The monoisotopic (exact) mass is 555 g/mol. The van der Waals surface area contributed by atoms with Crippen LogP contribution in [0.4, 0.5) is 0 Å². The molecule has 4 aromatic rings. The summed E-state index contributed by atoms with van der Waals surface area (Å²) in [6, 6.07) is 23.0. The van der Waals surface area contributed by atoms with E-state index in [1.165, 1.54) is 18.7 Å². The predicted molar refractivity (Wildman–Crippen MR) is 158 cm³/mol. The Morgan fingerprint density at radius 3 is 2.67 bits per heavy atom. The van der Waals surface area contributed by atoms with Crippen LogP contribution in [0.1, 0.15) is 45.9 Å². The van der Waals surface area contributed by atoms with Crippen molar-refractivity contribution >= 4 is 40.6 Å². The van der Waals surface area contributed by atoms with Gasteiger partial charge >= 0.3 is 5.97 Å². The molecule has 7 heteroatoms. The van der Waals surface area contributed by atoms with Crippen molar-refractivity contribution < 1.29 is 24.1 Å². The second-order valence-corrected chi connectivity index (χ2v) is 10.0. The van der Waals surface area contributed by atoms with Gasteiger partial charge in [-0.05, 0) is 72.0 Å². The summed E-state index contributed by atoms with van der Waals surface area (Å²) in [7, 11) is 3.19. The highest BCUT2D eigenvalue weighted by molar-refractivity contribution is 6.31. The lowest BCUT2D eigenvalue weighted by Gasteiger charge is -2.11. The smallest absolute Gasteiger partial charge is 0.339 e. The van der Waals surface area contributed by atoms with E-state index >= 15 is 0 Å². The molecule has 1 aliphatic carbocycles. The first-order chi connectivity index (χ1) is 19.5. The van der Waals surface area contributed by atoms with Gasteiger partial charge in [-0.2, -0.15) is 0 Å². The fraction of sp³-hybridized carbons (Fsp3) is 0.212. The van der Waals surface area contributed by atoms with Gasteiger partial charge in [-0.1, -0.05) is 54.1 Å². The van der Waals surface area contributed by atoms with Crippen LogP contribution in [0.15, 0.2) is 84.6 Å². The maximum absolute atomic E-state index is 11.6. The molecule has 0 saturated heterocycles. The Kier molecular flexibility index (Phi) is 8.37. The van der Waals surface area contributed by atoms with Crippen LogP contribution in [0.3, 0.4) is 0 Å². The molecule has 1 aliphatic rings.